The summed E-state index contributed by atoms with van der Waals surface area (Å²) in [5, 5.41) is 3.31. The third-order valence-corrected chi connectivity index (χ3v) is 3.01. The molecule has 0 aliphatic carbocycles. The van der Waals surface area contributed by atoms with E-state index in [2.05, 4.69) is 24.1 Å². The van der Waals surface area contributed by atoms with E-state index in [1.54, 1.807) is 0 Å². The highest BCUT2D eigenvalue weighted by Gasteiger charge is 2.40. The van der Waals surface area contributed by atoms with Crippen LogP contribution in [0.25, 0.3) is 0 Å². The number of hydrogen-bond acceptors (Lipinski definition) is 2. The molecular weight excluding hydrogens is 155 g/mol. The van der Waals surface area contributed by atoms with Gasteiger partial charge in [0.05, 0.1) is 6.04 Å². The normalized spacial score (nSPS) is 42.5. The summed E-state index contributed by atoms with van der Waals surface area (Å²) in [6.07, 6.45) is 0.104. The Morgan fingerprint density at radius 2 is 2.17 bits per heavy atom. The fourth-order valence-electron chi connectivity index (χ4n) is 2.24. The molecule has 12 heavy (non-hydrogen) atoms. The minimum absolute atomic E-state index is 0.103. The van der Waals surface area contributed by atoms with Crippen LogP contribution < -0.4 is 5.32 Å². The number of hydrogen-bond donors (Lipinski definition) is 1. The molecule has 0 radical (unpaired) electrons. The van der Waals surface area contributed by atoms with Crippen LogP contribution in [0.2, 0.25) is 0 Å². The highest BCUT2D eigenvalue weighted by atomic mass is 19.1. The van der Waals surface area contributed by atoms with Crippen LogP contribution in [0.5, 0.6) is 0 Å². The molecule has 2 aliphatic heterocycles. The first-order valence-corrected chi connectivity index (χ1v) is 4.81. The Bertz CT molecular complexity index is 170. The first-order valence-electron chi connectivity index (χ1n) is 4.81. The van der Waals surface area contributed by atoms with Crippen LogP contribution in [-0.4, -0.2) is 42.3 Å². The van der Waals surface area contributed by atoms with Crippen LogP contribution in [0.3, 0.4) is 0 Å². The lowest BCUT2D eigenvalue weighted by molar-refractivity contribution is 0.146. The van der Waals surface area contributed by atoms with Crippen molar-refractivity contribution >= 4 is 0 Å². The third-order valence-electron chi connectivity index (χ3n) is 3.01. The van der Waals surface area contributed by atoms with Gasteiger partial charge in [-0.1, -0.05) is 0 Å². The summed E-state index contributed by atoms with van der Waals surface area (Å²) in [4.78, 5) is 2.37. The molecule has 70 valence electrons. The molecule has 2 nitrogen and oxygen atoms in total. The fourth-order valence-corrected chi connectivity index (χ4v) is 2.24. The van der Waals surface area contributed by atoms with Gasteiger partial charge in [0.1, 0.15) is 6.17 Å². The van der Waals surface area contributed by atoms with Gasteiger partial charge >= 0.3 is 0 Å². The standard InChI is InChI=1S/C9H17FN2/c1-6(2)12-4-7-3-8(10)9(5-12)11-7/h6-9,11H,3-5H2,1-2H3/t7-,8+,9-/m1/s1. The van der Waals surface area contributed by atoms with Crippen molar-refractivity contribution < 1.29 is 4.39 Å². The number of piperazine rings is 1. The van der Waals surface area contributed by atoms with E-state index in [4.69, 9.17) is 0 Å². The van der Waals surface area contributed by atoms with Gasteiger partial charge in [-0.2, -0.15) is 0 Å². The molecule has 0 spiro atoms. The Kier molecular flexibility index (Phi) is 2.09. The quantitative estimate of drug-likeness (QED) is 0.629. The average molecular weight is 172 g/mol. The van der Waals surface area contributed by atoms with Crippen LogP contribution in [-0.2, 0) is 0 Å². The molecule has 0 saturated carbocycles. The van der Waals surface area contributed by atoms with Gasteiger partial charge < -0.3 is 5.32 Å². The summed E-state index contributed by atoms with van der Waals surface area (Å²) in [7, 11) is 0. The van der Waals surface area contributed by atoms with E-state index in [1.165, 1.54) is 0 Å². The van der Waals surface area contributed by atoms with Crippen LogP contribution in [0, 0.1) is 0 Å². The highest BCUT2D eigenvalue weighted by Crippen LogP contribution is 2.24. The Balaban J connectivity index is 2.01. The van der Waals surface area contributed by atoms with Crippen LogP contribution in [0.1, 0.15) is 20.3 Å². The summed E-state index contributed by atoms with van der Waals surface area (Å²) in [5.74, 6) is 0. The lowest BCUT2D eigenvalue weighted by Gasteiger charge is -2.35. The van der Waals surface area contributed by atoms with E-state index in [1.807, 2.05) is 0 Å². The zero-order chi connectivity index (χ0) is 8.72. The number of halogens is 1. The zero-order valence-corrected chi connectivity index (χ0v) is 7.76. The fraction of sp³-hybridized carbons (Fsp3) is 1.00. The van der Waals surface area contributed by atoms with Gasteiger partial charge in [0, 0.05) is 25.2 Å². The second-order valence-corrected chi connectivity index (χ2v) is 4.27. The largest absolute Gasteiger partial charge is 0.306 e. The summed E-state index contributed by atoms with van der Waals surface area (Å²) < 4.78 is 13.2. The first kappa shape index (κ1) is 8.45. The second kappa shape index (κ2) is 2.96. The van der Waals surface area contributed by atoms with E-state index < -0.39 is 6.17 Å². The molecule has 0 unspecified atom stereocenters. The molecule has 0 aromatic carbocycles. The zero-order valence-electron chi connectivity index (χ0n) is 7.76. The summed E-state index contributed by atoms with van der Waals surface area (Å²) in [6, 6.07) is 1.06. The van der Waals surface area contributed by atoms with Gasteiger partial charge in [-0.15, -0.1) is 0 Å². The predicted molar refractivity (Wildman–Crippen MR) is 46.9 cm³/mol. The molecule has 2 bridgehead atoms. The Hall–Kier alpha value is -0.150. The Morgan fingerprint density at radius 3 is 2.75 bits per heavy atom. The summed E-state index contributed by atoms with van der Waals surface area (Å²) in [5.41, 5.74) is 0. The van der Waals surface area contributed by atoms with Crippen molar-refractivity contribution in [3.63, 3.8) is 0 Å². The van der Waals surface area contributed by atoms with Crippen molar-refractivity contribution in [2.75, 3.05) is 13.1 Å². The number of alkyl halides is 1. The number of nitrogens with zero attached hydrogens (tertiary/aromatic N) is 1. The second-order valence-electron chi connectivity index (χ2n) is 4.27. The van der Waals surface area contributed by atoms with Gasteiger partial charge in [-0.3, -0.25) is 4.90 Å². The van der Waals surface area contributed by atoms with Gasteiger partial charge in [-0.25, -0.2) is 4.39 Å². The highest BCUT2D eigenvalue weighted by molar-refractivity contribution is 4.99. The van der Waals surface area contributed by atoms with E-state index >= 15 is 0 Å². The van der Waals surface area contributed by atoms with Crippen LogP contribution in [0.4, 0.5) is 4.39 Å². The lowest BCUT2D eigenvalue weighted by atomic mass is 10.2. The van der Waals surface area contributed by atoms with Crippen molar-refractivity contribution in [1.82, 2.24) is 10.2 Å². The summed E-state index contributed by atoms with van der Waals surface area (Å²) in [6.45, 7) is 6.26. The minimum atomic E-state index is -0.612. The molecule has 1 N–H and O–H groups in total. The van der Waals surface area contributed by atoms with Crippen molar-refractivity contribution in [1.29, 1.82) is 0 Å². The SMILES string of the molecule is CC(C)N1C[C@H]2C[C@H](F)[C@@H](C1)N2. The van der Waals surface area contributed by atoms with Gasteiger partial charge in [0.25, 0.3) is 0 Å². The number of fused-ring (bicyclic) bond motifs is 2. The number of likely N-dealkylation sites (tertiary alicyclic amines) is 1. The van der Waals surface area contributed by atoms with E-state index in [0.29, 0.717) is 18.5 Å². The van der Waals surface area contributed by atoms with E-state index in [9.17, 15) is 4.39 Å². The minimum Gasteiger partial charge on any atom is -0.306 e. The number of rotatable bonds is 1. The van der Waals surface area contributed by atoms with Crippen LogP contribution in [0.15, 0.2) is 0 Å². The van der Waals surface area contributed by atoms with Gasteiger partial charge in [0.15, 0.2) is 0 Å². The smallest absolute Gasteiger partial charge is 0.118 e. The molecule has 3 heteroatoms. The molecule has 0 aromatic rings. The predicted octanol–water partition coefficient (Wildman–Crippen LogP) is 0.779. The molecular formula is C9H17FN2. The van der Waals surface area contributed by atoms with Gasteiger partial charge in [-0.05, 0) is 20.3 Å². The van der Waals surface area contributed by atoms with E-state index in [-0.39, 0.29) is 6.04 Å². The summed E-state index contributed by atoms with van der Waals surface area (Å²) >= 11 is 0. The molecule has 2 rings (SSSR count). The topological polar surface area (TPSA) is 15.3 Å². The Morgan fingerprint density at radius 1 is 1.42 bits per heavy atom. The Labute approximate surface area is 73.1 Å². The molecule has 0 aromatic heterocycles. The van der Waals surface area contributed by atoms with Crippen molar-refractivity contribution in [3.8, 4) is 0 Å². The molecule has 2 saturated heterocycles. The maximum atomic E-state index is 13.2. The van der Waals surface area contributed by atoms with Crippen molar-refractivity contribution in [3.05, 3.63) is 0 Å². The number of nitrogens with one attached hydrogen (secondary N) is 1. The maximum absolute atomic E-state index is 13.2. The molecule has 0 amide bonds. The molecule has 2 heterocycles. The molecule has 2 fully saturated rings. The van der Waals surface area contributed by atoms with Crippen molar-refractivity contribution in [2.24, 2.45) is 0 Å². The van der Waals surface area contributed by atoms with Crippen LogP contribution >= 0.6 is 0 Å². The molecule has 2 aliphatic rings. The third kappa shape index (κ3) is 1.36. The maximum Gasteiger partial charge on any atom is 0.118 e. The van der Waals surface area contributed by atoms with Gasteiger partial charge in [0.2, 0.25) is 0 Å². The lowest BCUT2D eigenvalue weighted by Crippen LogP contribution is -2.54. The van der Waals surface area contributed by atoms with E-state index in [0.717, 1.165) is 13.1 Å². The first-order chi connectivity index (χ1) is 5.66. The molecule has 3 atom stereocenters. The van der Waals surface area contributed by atoms with Crippen molar-refractivity contribution in [2.45, 2.75) is 44.6 Å². The average Bonchev–Trinajstić information content (AvgIpc) is 2.26. The monoisotopic (exact) mass is 172 g/mol.